The Morgan fingerprint density at radius 1 is 1.43 bits per heavy atom. The van der Waals surface area contributed by atoms with E-state index >= 15 is 0 Å². The van der Waals surface area contributed by atoms with Gasteiger partial charge in [0.05, 0.1) is 18.6 Å². The standard InChI is InChI=1S/C15H19NO4S/c1-3-15(17)16(13-8-9-21(18,19)11-13)10-12-4-6-14(20-2)7-5-12/h3-7,13H,1,8-11H2,2H3/t13-/m0/s1. The number of amides is 1. The lowest BCUT2D eigenvalue weighted by Gasteiger charge is -2.27. The number of sulfone groups is 1. The van der Waals surface area contributed by atoms with Crippen LogP contribution in [0.1, 0.15) is 12.0 Å². The molecule has 1 atom stereocenters. The molecule has 2 rings (SSSR count). The van der Waals surface area contributed by atoms with Crippen LogP contribution in [0.4, 0.5) is 0 Å². The molecule has 0 N–H and O–H groups in total. The number of benzene rings is 1. The Balaban J connectivity index is 2.16. The molecule has 1 aliphatic rings. The highest BCUT2D eigenvalue weighted by atomic mass is 32.2. The fourth-order valence-corrected chi connectivity index (χ4v) is 4.18. The summed E-state index contributed by atoms with van der Waals surface area (Å²) >= 11 is 0. The van der Waals surface area contributed by atoms with E-state index in [0.29, 0.717) is 13.0 Å². The third-order valence-electron chi connectivity index (χ3n) is 3.62. The minimum absolute atomic E-state index is 0.0305. The van der Waals surface area contributed by atoms with Crippen LogP contribution in [0.25, 0.3) is 0 Å². The van der Waals surface area contributed by atoms with E-state index in [9.17, 15) is 13.2 Å². The largest absolute Gasteiger partial charge is 0.497 e. The van der Waals surface area contributed by atoms with E-state index < -0.39 is 9.84 Å². The molecule has 1 aromatic rings. The van der Waals surface area contributed by atoms with Gasteiger partial charge in [-0.2, -0.15) is 0 Å². The molecule has 1 fully saturated rings. The second-order valence-electron chi connectivity index (χ2n) is 5.08. The summed E-state index contributed by atoms with van der Waals surface area (Å²) in [5.41, 5.74) is 0.926. The van der Waals surface area contributed by atoms with Gasteiger partial charge < -0.3 is 9.64 Å². The first kappa shape index (κ1) is 15.6. The molecule has 1 heterocycles. The maximum atomic E-state index is 12.0. The summed E-state index contributed by atoms with van der Waals surface area (Å²) < 4.78 is 28.3. The van der Waals surface area contributed by atoms with Crippen molar-refractivity contribution < 1.29 is 17.9 Å². The minimum Gasteiger partial charge on any atom is -0.497 e. The molecular formula is C15H19NO4S. The number of carbonyl (C=O) groups is 1. The van der Waals surface area contributed by atoms with Crippen molar-refractivity contribution in [3.8, 4) is 5.75 Å². The average molecular weight is 309 g/mol. The molecule has 0 spiro atoms. The van der Waals surface area contributed by atoms with E-state index in [1.54, 1.807) is 12.0 Å². The molecule has 114 valence electrons. The van der Waals surface area contributed by atoms with Crippen LogP contribution in [0.15, 0.2) is 36.9 Å². The smallest absolute Gasteiger partial charge is 0.246 e. The van der Waals surface area contributed by atoms with Gasteiger partial charge in [-0.1, -0.05) is 18.7 Å². The lowest BCUT2D eigenvalue weighted by atomic mass is 10.1. The van der Waals surface area contributed by atoms with Gasteiger partial charge in [-0.25, -0.2) is 8.42 Å². The zero-order chi connectivity index (χ0) is 15.5. The fourth-order valence-electron chi connectivity index (χ4n) is 2.45. The van der Waals surface area contributed by atoms with E-state index in [1.807, 2.05) is 24.3 Å². The van der Waals surface area contributed by atoms with Crippen molar-refractivity contribution >= 4 is 15.7 Å². The van der Waals surface area contributed by atoms with Crippen molar-refractivity contribution in [1.82, 2.24) is 4.90 Å². The number of hydrogen-bond acceptors (Lipinski definition) is 4. The normalized spacial score (nSPS) is 20.0. The van der Waals surface area contributed by atoms with Crippen molar-refractivity contribution in [3.63, 3.8) is 0 Å². The molecular weight excluding hydrogens is 290 g/mol. The maximum Gasteiger partial charge on any atom is 0.246 e. The van der Waals surface area contributed by atoms with Crippen LogP contribution < -0.4 is 4.74 Å². The summed E-state index contributed by atoms with van der Waals surface area (Å²) in [6.07, 6.45) is 1.71. The third-order valence-corrected chi connectivity index (χ3v) is 5.37. The molecule has 1 aromatic carbocycles. The summed E-state index contributed by atoms with van der Waals surface area (Å²) in [5.74, 6) is 0.668. The number of carbonyl (C=O) groups excluding carboxylic acids is 1. The highest BCUT2D eigenvalue weighted by Crippen LogP contribution is 2.21. The molecule has 0 radical (unpaired) electrons. The maximum absolute atomic E-state index is 12.0. The molecule has 6 heteroatoms. The predicted octanol–water partition coefficient (Wildman–Crippen LogP) is 1.40. The van der Waals surface area contributed by atoms with Crippen LogP contribution in [0.3, 0.4) is 0 Å². The van der Waals surface area contributed by atoms with E-state index in [4.69, 9.17) is 4.74 Å². The van der Waals surface area contributed by atoms with Crippen LogP contribution in [0, 0.1) is 0 Å². The summed E-state index contributed by atoms with van der Waals surface area (Å²) in [6, 6.07) is 7.09. The minimum atomic E-state index is -3.03. The first-order chi connectivity index (χ1) is 9.95. The van der Waals surface area contributed by atoms with Crippen LogP contribution in [-0.2, 0) is 21.2 Å². The molecule has 1 saturated heterocycles. The highest BCUT2D eigenvalue weighted by molar-refractivity contribution is 7.91. The summed E-state index contributed by atoms with van der Waals surface area (Å²) in [5, 5.41) is 0. The van der Waals surface area contributed by atoms with Crippen molar-refractivity contribution in [3.05, 3.63) is 42.5 Å². The molecule has 0 saturated carbocycles. The van der Waals surface area contributed by atoms with Crippen LogP contribution in [0.2, 0.25) is 0 Å². The lowest BCUT2D eigenvalue weighted by Crippen LogP contribution is -2.39. The molecule has 0 aliphatic carbocycles. The van der Waals surface area contributed by atoms with Crippen molar-refractivity contribution in [2.24, 2.45) is 0 Å². The zero-order valence-electron chi connectivity index (χ0n) is 12.0. The van der Waals surface area contributed by atoms with Gasteiger partial charge in [0, 0.05) is 12.6 Å². The number of rotatable bonds is 5. The van der Waals surface area contributed by atoms with Gasteiger partial charge in [0.15, 0.2) is 9.84 Å². The third kappa shape index (κ3) is 3.85. The first-order valence-electron chi connectivity index (χ1n) is 6.71. The Hall–Kier alpha value is -1.82. The molecule has 5 nitrogen and oxygen atoms in total. The van der Waals surface area contributed by atoms with E-state index in [1.165, 1.54) is 6.08 Å². The molecule has 1 amide bonds. The summed E-state index contributed by atoms with van der Waals surface area (Å²) in [7, 11) is -1.44. The van der Waals surface area contributed by atoms with Gasteiger partial charge in [0.25, 0.3) is 0 Å². The van der Waals surface area contributed by atoms with Crippen LogP contribution in [-0.4, -0.2) is 43.9 Å². The van der Waals surface area contributed by atoms with Gasteiger partial charge in [-0.05, 0) is 30.2 Å². The zero-order valence-corrected chi connectivity index (χ0v) is 12.8. The Morgan fingerprint density at radius 2 is 2.10 bits per heavy atom. The van der Waals surface area contributed by atoms with Gasteiger partial charge in [0.2, 0.25) is 5.91 Å². The van der Waals surface area contributed by atoms with E-state index in [-0.39, 0.29) is 23.5 Å². The van der Waals surface area contributed by atoms with Crippen molar-refractivity contribution in [2.75, 3.05) is 18.6 Å². The second kappa shape index (κ2) is 6.30. The van der Waals surface area contributed by atoms with Gasteiger partial charge in [-0.3, -0.25) is 4.79 Å². The Bertz CT molecular complexity index is 622. The topological polar surface area (TPSA) is 63.7 Å². The summed E-state index contributed by atoms with van der Waals surface area (Å²) in [4.78, 5) is 13.6. The fraction of sp³-hybridized carbons (Fsp3) is 0.400. The van der Waals surface area contributed by atoms with Crippen LogP contribution >= 0.6 is 0 Å². The van der Waals surface area contributed by atoms with Crippen molar-refractivity contribution in [1.29, 1.82) is 0 Å². The quantitative estimate of drug-likeness (QED) is 0.771. The van der Waals surface area contributed by atoms with Crippen molar-refractivity contribution in [2.45, 2.75) is 19.0 Å². The van der Waals surface area contributed by atoms with E-state index in [2.05, 4.69) is 6.58 Å². The Kier molecular flexibility index (Phi) is 4.67. The predicted molar refractivity (Wildman–Crippen MR) is 80.8 cm³/mol. The average Bonchev–Trinajstić information content (AvgIpc) is 2.84. The SMILES string of the molecule is C=CC(=O)N(Cc1ccc(OC)cc1)[C@H]1CCS(=O)(=O)C1. The van der Waals surface area contributed by atoms with Gasteiger partial charge in [-0.15, -0.1) is 0 Å². The van der Waals surface area contributed by atoms with Crippen LogP contribution in [0.5, 0.6) is 5.75 Å². The number of hydrogen-bond donors (Lipinski definition) is 0. The Labute approximate surface area is 125 Å². The second-order valence-corrected chi connectivity index (χ2v) is 7.30. The molecule has 0 bridgehead atoms. The number of methoxy groups -OCH3 is 1. The molecule has 21 heavy (non-hydrogen) atoms. The summed E-state index contributed by atoms with van der Waals surface area (Å²) in [6.45, 7) is 3.87. The molecule has 0 aromatic heterocycles. The number of ether oxygens (including phenoxy) is 1. The number of nitrogens with zero attached hydrogens (tertiary/aromatic N) is 1. The van der Waals surface area contributed by atoms with E-state index in [0.717, 1.165) is 11.3 Å². The van der Waals surface area contributed by atoms with Gasteiger partial charge >= 0.3 is 0 Å². The highest BCUT2D eigenvalue weighted by Gasteiger charge is 2.33. The lowest BCUT2D eigenvalue weighted by molar-refractivity contribution is -0.128. The molecule has 0 unspecified atom stereocenters. The van der Waals surface area contributed by atoms with Gasteiger partial charge in [0.1, 0.15) is 5.75 Å². The Morgan fingerprint density at radius 3 is 2.57 bits per heavy atom. The monoisotopic (exact) mass is 309 g/mol. The first-order valence-corrected chi connectivity index (χ1v) is 8.53. The molecule has 1 aliphatic heterocycles.